The summed E-state index contributed by atoms with van der Waals surface area (Å²) in [7, 11) is 1.36. The Morgan fingerprint density at radius 2 is 0.817 bits per heavy atom. The standard InChI is InChI=1S/C62H116NO7P/c1-6-8-10-12-14-16-18-20-22-24-26-28-30-32-33-35-37-39-41-43-45-47-49-51-53-55-62(64)70-61(60-69-71(65,66)68-58-56-63(3,4)5)59-67-57-54-52-50-48-46-44-42-40-38-36-34-31-29-27-25-23-21-19-17-15-13-11-9-7-2/h9,11,15,17,21,23-24,26-27,29,61H,6-8,10,12-14,16,18-20,22,25,28,30-60H2,1-5H3/b11-9-,17-15-,23-21-,26-24-,29-27-. The maximum absolute atomic E-state index is 12.8. The number of quaternary nitrogens is 1. The lowest BCUT2D eigenvalue weighted by molar-refractivity contribution is -0.870. The molecule has 2 atom stereocenters. The van der Waals surface area contributed by atoms with E-state index in [1.54, 1.807) is 0 Å². The highest BCUT2D eigenvalue weighted by atomic mass is 31.2. The molecular formula is C62H116NO7P. The lowest BCUT2D eigenvalue weighted by Crippen LogP contribution is -2.37. The van der Waals surface area contributed by atoms with Crippen LogP contribution in [-0.2, 0) is 27.9 Å². The number of allylic oxidation sites excluding steroid dienone is 10. The monoisotopic (exact) mass is 1020 g/mol. The van der Waals surface area contributed by atoms with E-state index in [0.29, 0.717) is 24.1 Å². The Labute approximate surface area is 440 Å². The number of hydrogen-bond acceptors (Lipinski definition) is 7. The Balaban J connectivity index is 4.04. The lowest BCUT2D eigenvalue weighted by atomic mass is 10.0. The largest absolute Gasteiger partial charge is 0.756 e. The van der Waals surface area contributed by atoms with E-state index in [2.05, 4.69) is 74.6 Å². The van der Waals surface area contributed by atoms with Crippen LogP contribution in [0.3, 0.4) is 0 Å². The van der Waals surface area contributed by atoms with E-state index in [1.165, 1.54) is 193 Å². The van der Waals surface area contributed by atoms with Gasteiger partial charge in [-0.05, 0) is 77.0 Å². The molecule has 2 unspecified atom stereocenters. The van der Waals surface area contributed by atoms with Crippen LogP contribution in [0.25, 0.3) is 0 Å². The van der Waals surface area contributed by atoms with Crippen LogP contribution in [0.2, 0.25) is 0 Å². The SMILES string of the molecule is CC/C=C\C/C=C\C/C=C\C/C=C\CCCCCCCCCCCCCOCC(COP(=O)([O-])OCC[N+](C)(C)C)OC(=O)CCCCCCCCCCCCCCC/C=C\CCCCCCCCCC. The van der Waals surface area contributed by atoms with Crippen LogP contribution < -0.4 is 4.89 Å². The summed E-state index contributed by atoms with van der Waals surface area (Å²) in [6, 6.07) is 0. The summed E-state index contributed by atoms with van der Waals surface area (Å²) in [5.74, 6) is -0.332. The van der Waals surface area contributed by atoms with Gasteiger partial charge in [-0.1, -0.05) is 248 Å². The van der Waals surface area contributed by atoms with Crippen LogP contribution in [0.15, 0.2) is 60.8 Å². The Hall–Kier alpha value is -1.80. The minimum Gasteiger partial charge on any atom is -0.756 e. The molecule has 0 spiro atoms. The molecule has 8 nitrogen and oxygen atoms in total. The number of carbonyl (C=O) groups is 1. The van der Waals surface area contributed by atoms with Crippen molar-refractivity contribution >= 4 is 13.8 Å². The number of phosphoric ester groups is 1. The molecule has 0 aromatic rings. The van der Waals surface area contributed by atoms with Crippen LogP contribution in [0, 0.1) is 0 Å². The van der Waals surface area contributed by atoms with Gasteiger partial charge in [0.05, 0.1) is 34.4 Å². The quantitative estimate of drug-likeness (QED) is 0.0197. The molecule has 9 heteroatoms. The molecule has 0 heterocycles. The zero-order valence-electron chi connectivity index (χ0n) is 47.4. The average molecular weight is 1020 g/mol. The predicted octanol–water partition coefficient (Wildman–Crippen LogP) is 18.5. The van der Waals surface area contributed by atoms with Gasteiger partial charge in [-0.3, -0.25) is 9.36 Å². The summed E-state index contributed by atoms with van der Waals surface area (Å²) in [5.41, 5.74) is 0. The Morgan fingerprint density at radius 1 is 0.451 bits per heavy atom. The van der Waals surface area contributed by atoms with Crippen LogP contribution in [-0.4, -0.2) is 70.7 Å². The van der Waals surface area contributed by atoms with Crippen molar-refractivity contribution in [1.29, 1.82) is 0 Å². The number of likely N-dealkylation sites (N-methyl/N-ethyl adjacent to an activating group) is 1. The Bertz CT molecular complexity index is 1320. The molecule has 0 amide bonds. The van der Waals surface area contributed by atoms with Crippen molar-refractivity contribution in [3.8, 4) is 0 Å². The normalized spacial score (nSPS) is 13.8. The van der Waals surface area contributed by atoms with E-state index >= 15 is 0 Å². The van der Waals surface area contributed by atoms with Crippen LogP contribution in [0.4, 0.5) is 0 Å². The van der Waals surface area contributed by atoms with Gasteiger partial charge >= 0.3 is 5.97 Å². The van der Waals surface area contributed by atoms with Crippen molar-refractivity contribution < 1.29 is 37.3 Å². The zero-order valence-corrected chi connectivity index (χ0v) is 48.3. The molecule has 0 aliphatic rings. The number of esters is 1. The lowest BCUT2D eigenvalue weighted by Gasteiger charge is -2.28. The van der Waals surface area contributed by atoms with E-state index in [4.69, 9.17) is 18.5 Å². The second-order valence-corrected chi connectivity index (χ2v) is 22.7. The summed E-state index contributed by atoms with van der Waals surface area (Å²) in [6.07, 6.45) is 71.3. The smallest absolute Gasteiger partial charge is 0.306 e. The number of unbranched alkanes of at least 4 members (excludes halogenated alkanes) is 32. The van der Waals surface area contributed by atoms with Gasteiger partial charge in [0.1, 0.15) is 19.3 Å². The third-order valence-corrected chi connectivity index (χ3v) is 14.0. The molecule has 0 rings (SSSR count). The first-order chi connectivity index (χ1) is 34.6. The summed E-state index contributed by atoms with van der Waals surface area (Å²) in [4.78, 5) is 25.3. The molecule has 0 aliphatic heterocycles. The molecule has 0 saturated carbocycles. The van der Waals surface area contributed by atoms with Gasteiger partial charge in [-0.2, -0.15) is 0 Å². The van der Waals surface area contributed by atoms with Gasteiger partial charge in [0.25, 0.3) is 7.82 Å². The highest BCUT2D eigenvalue weighted by Crippen LogP contribution is 2.38. The minimum absolute atomic E-state index is 0.0247. The third kappa shape index (κ3) is 59.0. The molecule has 0 fully saturated rings. The number of rotatable bonds is 56. The molecule has 0 aromatic carbocycles. The first-order valence-electron chi connectivity index (χ1n) is 30.0. The molecule has 0 bridgehead atoms. The topological polar surface area (TPSA) is 94.1 Å². The number of phosphoric acid groups is 1. The van der Waals surface area contributed by atoms with Crippen LogP contribution in [0.1, 0.15) is 271 Å². The second-order valence-electron chi connectivity index (χ2n) is 21.3. The second kappa shape index (κ2) is 54.5. The van der Waals surface area contributed by atoms with E-state index in [1.807, 2.05) is 21.1 Å². The van der Waals surface area contributed by atoms with E-state index in [-0.39, 0.29) is 25.8 Å². The number of carbonyl (C=O) groups excluding carboxylic acids is 1. The van der Waals surface area contributed by atoms with Gasteiger partial charge in [0.15, 0.2) is 0 Å². The van der Waals surface area contributed by atoms with Gasteiger partial charge in [-0.15, -0.1) is 0 Å². The van der Waals surface area contributed by atoms with Crippen molar-refractivity contribution in [2.75, 3.05) is 54.1 Å². The maximum Gasteiger partial charge on any atom is 0.306 e. The highest BCUT2D eigenvalue weighted by molar-refractivity contribution is 7.45. The Morgan fingerprint density at radius 3 is 1.24 bits per heavy atom. The van der Waals surface area contributed by atoms with Crippen molar-refractivity contribution in [3.63, 3.8) is 0 Å². The first-order valence-corrected chi connectivity index (χ1v) is 31.5. The van der Waals surface area contributed by atoms with Crippen molar-refractivity contribution in [1.82, 2.24) is 0 Å². The molecule has 416 valence electrons. The van der Waals surface area contributed by atoms with Crippen molar-refractivity contribution in [2.24, 2.45) is 0 Å². The molecular weight excluding hydrogens is 902 g/mol. The summed E-state index contributed by atoms with van der Waals surface area (Å²) < 4.78 is 34.9. The van der Waals surface area contributed by atoms with Gasteiger partial charge in [0, 0.05) is 13.0 Å². The summed E-state index contributed by atoms with van der Waals surface area (Å²) in [5, 5.41) is 0. The zero-order chi connectivity index (χ0) is 51.9. The number of nitrogens with zero attached hydrogens (tertiary/aromatic N) is 1. The summed E-state index contributed by atoms with van der Waals surface area (Å²) >= 11 is 0. The van der Waals surface area contributed by atoms with Crippen LogP contribution >= 0.6 is 7.82 Å². The highest BCUT2D eigenvalue weighted by Gasteiger charge is 2.20. The first kappa shape index (κ1) is 69.2. The maximum atomic E-state index is 12.8. The van der Waals surface area contributed by atoms with E-state index in [0.717, 1.165) is 57.8 Å². The van der Waals surface area contributed by atoms with Crippen molar-refractivity contribution in [3.05, 3.63) is 60.8 Å². The van der Waals surface area contributed by atoms with Gasteiger partial charge < -0.3 is 27.9 Å². The third-order valence-electron chi connectivity index (χ3n) is 13.1. The van der Waals surface area contributed by atoms with E-state index in [9.17, 15) is 14.3 Å². The summed E-state index contributed by atoms with van der Waals surface area (Å²) in [6.45, 7) is 5.33. The number of hydrogen-bond donors (Lipinski definition) is 0. The van der Waals surface area contributed by atoms with Crippen LogP contribution in [0.5, 0.6) is 0 Å². The minimum atomic E-state index is -4.54. The molecule has 0 saturated heterocycles. The Kier molecular flexibility index (Phi) is 53.1. The molecule has 71 heavy (non-hydrogen) atoms. The fourth-order valence-corrected chi connectivity index (χ4v) is 9.21. The van der Waals surface area contributed by atoms with Crippen molar-refractivity contribution in [2.45, 2.75) is 277 Å². The molecule has 0 radical (unpaired) electrons. The molecule has 0 aliphatic carbocycles. The van der Waals surface area contributed by atoms with E-state index < -0.39 is 13.9 Å². The average Bonchev–Trinajstić information content (AvgIpc) is 3.33. The fraction of sp³-hybridized carbons (Fsp3) is 0.823. The molecule has 0 aromatic heterocycles. The molecule has 0 N–H and O–H groups in total. The van der Waals surface area contributed by atoms with Gasteiger partial charge in [0.2, 0.25) is 0 Å². The fourth-order valence-electron chi connectivity index (χ4n) is 8.48. The van der Waals surface area contributed by atoms with Gasteiger partial charge in [-0.25, -0.2) is 0 Å². The predicted molar refractivity (Wildman–Crippen MR) is 305 cm³/mol. The number of ether oxygens (including phenoxy) is 2.